The number of ether oxygens (including phenoxy) is 1. The molecule has 0 spiro atoms. The third kappa shape index (κ3) is 2.88. The van der Waals surface area contributed by atoms with Crippen LogP contribution in [0.5, 0.6) is 0 Å². The molecular formula is C12H20N2O4S. The van der Waals surface area contributed by atoms with Gasteiger partial charge in [0.05, 0.1) is 11.5 Å². The zero-order valence-electron chi connectivity index (χ0n) is 10.9. The highest BCUT2D eigenvalue weighted by Gasteiger charge is 2.44. The van der Waals surface area contributed by atoms with Gasteiger partial charge in [-0.15, -0.1) is 11.8 Å². The first kappa shape index (κ1) is 14.6. The predicted molar refractivity (Wildman–Crippen MR) is 71.8 cm³/mol. The maximum atomic E-state index is 12.5. The molecule has 3 N–H and O–H groups in total. The molecule has 2 fully saturated rings. The molecule has 1 amide bonds. The topological polar surface area (TPSA) is 92.9 Å². The summed E-state index contributed by atoms with van der Waals surface area (Å²) in [7, 11) is 0. The number of rotatable bonds is 4. The van der Waals surface area contributed by atoms with Crippen LogP contribution in [0.15, 0.2) is 0 Å². The summed E-state index contributed by atoms with van der Waals surface area (Å²) in [6, 6.07) is -0.733. The predicted octanol–water partition coefficient (Wildman–Crippen LogP) is 0.257. The van der Waals surface area contributed by atoms with Crippen LogP contribution in [0.1, 0.15) is 26.2 Å². The molecule has 0 aliphatic carbocycles. The van der Waals surface area contributed by atoms with E-state index in [1.807, 2.05) is 6.92 Å². The molecule has 0 radical (unpaired) electrons. The summed E-state index contributed by atoms with van der Waals surface area (Å²) in [6.07, 6.45) is 1.54. The lowest BCUT2D eigenvalue weighted by Crippen LogP contribution is -2.49. The third-order valence-corrected chi connectivity index (χ3v) is 5.08. The van der Waals surface area contributed by atoms with E-state index >= 15 is 0 Å². The van der Waals surface area contributed by atoms with Crippen molar-refractivity contribution in [2.75, 3.05) is 12.3 Å². The van der Waals surface area contributed by atoms with E-state index in [2.05, 4.69) is 0 Å². The van der Waals surface area contributed by atoms with Gasteiger partial charge in [0.2, 0.25) is 0 Å². The molecular weight excluding hydrogens is 268 g/mol. The van der Waals surface area contributed by atoms with Crippen LogP contribution in [0.3, 0.4) is 0 Å². The molecule has 2 saturated heterocycles. The van der Waals surface area contributed by atoms with E-state index in [1.165, 1.54) is 16.7 Å². The lowest BCUT2D eigenvalue weighted by molar-refractivity contribution is -0.154. The van der Waals surface area contributed by atoms with Gasteiger partial charge in [-0.05, 0) is 19.3 Å². The highest BCUT2D eigenvalue weighted by atomic mass is 32.2. The minimum atomic E-state index is -0.940. The summed E-state index contributed by atoms with van der Waals surface area (Å²) in [5, 5.41) is 9.16. The second-order valence-electron chi connectivity index (χ2n) is 4.86. The lowest BCUT2D eigenvalue weighted by atomic mass is 10.1. The van der Waals surface area contributed by atoms with Crippen LogP contribution >= 0.6 is 11.8 Å². The average molecular weight is 288 g/mol. The molecule has 4 atom stereocenters. The molecule has 0 aromatic rings. The summed E-state index contributed by atoms with van der Waals surface area (Å²) in [6.45, 7) is 2.36. The molecule has 0 bridgehead atoms. The quantitative estimate of drug-likeness (QED) is 0.770. The van der Waals surface area contributed by atoms with E-state index in [0.29, 0.717) is 18.7 Å². The molecule has 2 heterocycles. The Bertz CT molecular complexity index is 366. The zero-order chi connectivity index (χ0) is 14.0. The number of carboxylic acids is 1. The van der Waals surface area contributed by atoms with Crippen molar-refractivity contribution in [2.24, 2.45) is 5.73 Å². The molecule has 4 unspecified atom stereocenters. The van der Waals surface area contributed by atoms with Gasteiger partial charge in [0, 0.05) is 12.3 Å². The molecule has 108 valence electrons. The number of thioether (sulfide) groups is 1. The van der Waals surface area contributed by atoms with Crippen LogP contribution in [0.4, 0.5) is 0 Å². The van der Waals surface area contributed by atoms with Crippen LogP contribution in [0.25, 0.3) is 0 Å². The highest BCUT2D eigenvalue weighted by molar-refractivity contribution is 8.00. The Kier molecular flexibility index (Phi) is 4.70. The van der Waals surface area contributed by atoms with Crippen LogP contribution in [-0.4, -0.2) is 57.8 Å². The fourth-order valence-electron chi connectivity index (χ4n) is 2.59. The minimum absolute atomic E-state index is 0.0610. The van der Waals surface area contributed by atoms with E-state index in [9.17, 15) is 14.7 Å². The van der Waals surface area contributed by atoms with Gasteiger partial charge in [-0.3, -0.25) is 4.79 Å². The van der Waals surface area contributed by atoms with E-state index in [4.69, 9.17) is 10.5 Å². The Morgan fingerprint density at radius 3 is 2.74 bits per heavy atom. The number of carbonyl (C=O) groups excluding carboxylic acids is 1. The van der Waals surface area contributed by atoms with Crippen molar-refractivity contribution < 1.29 is 19.4 Å². The maximum absolute atomic E-state index is 12.5. The van der Waals surface area contributed by atoms with E-state index in [-0.39, 0.29) is 17.4 Å². The Balaban J connectivity index is 2.08. The molecule has 2 rings (SSSR count). The second-order valence-corrected chi connectivity index (χ2v) is 6.07. The summed E-state index contributed by atoms with van der Waals surface area (Å²) in [5.74, 6) is -0.683. The highest BCUT2D eigenvalue weighted by Crippen LogP contribution is 2.33. The van der Waals surface area contributed by atoms with Gasteiger partial charge in [-0.25, -0.2) is 4.79 Å². The summed E-state index contributed by atoms with van der Waals surface area (Å²) in [5.41, 5.74) is 5.53. The fraction of sp³-hybridized carbons (Fsp3) is 0.833. The first-order valence-corrected chi connectivity index (χ1v) is 7.65. The van der Waals surface area contributed by atoms with Crippen molar-refractivity contribution in [3.63, 3.8) is 0 Å². The number of hydrogen-bond acceptors (Lipinski definition) is 5. The third-order valence-electron chi connectivity index (χ3n) is 3.63. The largest absolute Gasteiger partial charge is 0.480 e. The first-order valence-electron chi connectivity index (χ1n) is 6.60. The number of amides is 1. The van der Waals surface area contributed by atoms with Crippen molar-refractivity contribution in [1.29, 1.82) is 0 Å². The maximum Gasteiger partial charge on any atom is 0.327 e. The number of nitrogens with zero attached hydrogens (tertiary/aromatic N) is 1. The minimum Gasteiger partial charge on any atom is -0.480 e. The van der Waals surface area contributed by atoms with E-state index in [1.54, 1.807) is 0 Å². The monoisotopic (exact) mass is 288 g/mol. The van der Waals surface area contributed by atoms with Crippen molar-refractivity contribution in [1.82, 2.24) is 4.90 Å². The summed E-state index contributed by atoms with van der Waals surface area (Å²) < 4.78 is 5.59. The smallest absolute Gasteiger partial charge is 0.327 e. The number of carbonyl (C=O) groups is 2. The van der Waals surface area contributed by atoms with Crippen molar-refractivity contribution in [3.05, 3.63) is 0 Å². The molecule has 0 aromatic carbocycles. The Morgan fingerprint density at radius 2 is 2.21 bits per heavy atom. The average Bonchev–Trinajstić information content (AvgIpc) is 3.03. The Labute approximate surface area is 116 Å². The van der Waals surface area contributed by atoms with E-state index < -0.39 is 18.1 Å². The van der Waals surface area contributed by atoms with Crippen molar-refractivity contribution in [2.45, 2.75) is 49.8 Å². The van der Waals surface area contributed by atoms with Gasteiger partial charge in [0.15, 0.2) is 0 Å². The van der Waals surface area contributed by atoms with Gasteiger partial charge < -0.3 is 20.5 Å². The zero-order valence-corrected chi connectivity index (χ0v) is 11.8. The molecule has 0 saturated carbocycles. The molecule has 19 heavy (non-hydrogen) atoms. The summed E-state index contributed by atoms with van der Waals surface area (Å²) >= 11 is 1.52. The molecule has 2 aliphatic rings. The molecule has 0 aromatic heterocycles. The van der Waals surface area contributed by atoms with Gasteiger partial charge in [0.1, 0.15) is 12.1 Å². The SMILES string of the molecule is CCC1SCC(C(=O)O)N1C(=O)C1CCC(CN)O1. The number of aliphatic carboxylic acids is 1. The number of carboxylic acid groups (broad SMARTS) is 1. The van der Waals surface area contributed by atoms with Crippen LogP contribution in [0.2, 0.25) is 0 Å². The fourth-order valence-corrected chi connectivity index (χ4v) is 3.95. The second kappa shape index (κ2) is 6.11. The van der Waals surface area contributed by atoms with E-state index in [0.717, 1.165) is 12.8 Å². The Hall–Kier alpha value is -0.790. The summed E-state index contributed by atoms with van der Waals surface area (Å²) in [4.78, 5) is 25.2. The van der Waals surface area contributed by atoms with Gasteiger partial charge in [0.25, 0.3) is 5.91 Å². The van der Waals surface area contributed by atoms with Crippen LogP contribution < -0.4 is 5.73 Å². The lowest BCUT2D eigenvalue weighted by Gasteiger charge is -2.29. The molecule has 2 aliphatic heterocycles. The van der Waals surface area contributed by atoms with Gasteiger partial charge in [-0.2, -0.15) is 0 Å². The molecule has 7 heteroatoms. The van der Waals surface area contributed by atoms with Crippen LogP contribution in [-0.2, 0) is 14.3 Å². The first-order chi connectivity index (χ1) is 9.08. The normalized spacial score (nSPS) is 34.7. The van der Waals surface area contributed by atoms with Gasteiger partial charge in [-0.1, -0.05) is 6.92 Å². The van der Waals surface area contributed by atoms with Crippen LogP contribution in [0, 0.1) is 0 Å². The number of nitrogens with two attached hydrogens (primary N) is 1. The van der Waals surface area contributed by atoms with Gasteiger partial charge >= 0.3 is 5.97 Å². The molecule has 6 nitrogen and oxygen atoms in total. The Morgan fingerprint density at radius 1 is 1.47 bits per heavy atom. The van der Waals surface area contributed by atoms with Crippen molar-refractivity contribution in [3.8, 4) is 0 Å². The number of hydrogen-bond donors (Lipinski definition) is 2. The van der Waals surface area contributed by atoms with Crippen molar-refractivity contribution >= 4 is 23.6 Å². The standard InChI is InChI=1S/C12H20N2O4S/c1-2-10-14(8(6-19-10)12(16)17)11(15)9-4-3-7(5-13)18-9/h7-10H,2-6,13H2,1H3,(H,16,17).